The average molecular weight is 343 g/mol. The summed E-state index contributed by atoms with van der Waals surface area (Å²) in [4.78, 5) is 37.3. The molecule has 0 aliphatic carbocycles. The molecular formula is C21H13NO4. The van der Waals surface area contributed by atoms with Crippen LogP contribution in [0.5, 0.6) is 0 Å². The van der Waals surface area contributed by atoms with Crippen molar-refractivity contribution in [3.63, 3.8) is 0 Å². The molecule has 2 amide bonds. The molecule has 3 aromatic rings. The van der Waals surface area contributed by atoms with Crippen LogP contribution in [0.1, 0.15) is 31.1 Å². The molecule has 1 aliphatic heterocycles. The fourth-order valence-electron chi connectivity index (χ4n) is 3.06. The lowest BCUT2D eigenvalue weighted by atomic mass is 10.0. The number of amides is 2. The van der Waals surface area contributed by atoms with Crippen molar-refractivity contribution in [2.75, 3.05) is 4.90 Å². The van der Waals surface area contributed by atoms with Crippen molar-refractivity contribution in [3.8, 4) is 11.1 Å². The summed E-state index contributed by atoms with van der Waals surface area (Å²) < 4.78 is 0. The standard InChI is InChI=1S/C21H13NO4/c23-19-17-6-1-2-7-18(17)20(24)22(19)16-10-8-13(9-11-16)14-4-3-5-15(12-14)21(25)26/h1-12H,(H,25,26). The van der Waals surface area contributed by atoms with Gasteiger partial charge in [0.15, 0.2) is 0 Å². The van der Waals surface area contributed by atoms with E-state index in [1.807, 2.05) is 6.07 Å². The van der Waals surface area contributed by atoms with Gasteiger partial charge >= 0.3 is 5.97 Å². The van der Waals surface area contributed by atoms with E-state index in [0.29, 0.717) is 16.8 Å². The van der Waals surface area contributed by atoms with E-state index in [1.165, 1.54) is 6.07 Å². The molecule has 0 saturated heterocycles. The minimum atomic E-state index is -0.991. The number of imide groups is 1. The van der Waals surface area contributed by atoms with E-state index in [1.54, 1.807) is 60.7 Å². The molecule has 0 bridgehead atoms. The molecule has 5 nitrogen and oxygen atoms in total. The van der Waals surface area contributed by atoms with Gasteiger partial charge in [-0.2, -0.15) is 0 Å². The molecule has 0 fully saturated rings. The minimum Gasteiger partial charge on any atom is -0.478 e. The fourth-order valence-corrected chi connectivity index (χ4v) is 3.06. The first-order valence-corrected chi connectivity index (χ1v) is 7.98. The number of carbonyl (C=O) groups is 3. The van der Waals surface area contributed by atoms with E-state index in [4.69, 9.17) is 5.11 Å². The molecule has 0 aromatic heterocycles. The lowest BCUT2D eigenvalue weighted by Crippen LogP contribution is -2.29. The molecule has 0 unspecified atom stereocenters. The van der Waals surface area contributed by atoms with Gasteiger partial charge in [0.2, 0.25) is 0 Å². The Morgan fingerprint density at radius 2 is 1.35 bits per heavy atom. The van der Waals surface area contributed by atoms with Crippen LogP contribution in [0.4, 0.5) is 5.69 Å². The van der Waals surface area contributed by atoms with Crippen molar-refractivity contribution in [1.29, 1.82) is 0 Å². The van der Waals surface area contributed by atoms with E-state index in [-0.39, 0.29) is 17.4 Å². The van der Waals surface area contributed by atoms with Gasteiger partial charge < -0.3 is 5.11 Å². The Balaban J connectivity index is 1.67. The van der Waals surface area contributed by atoms with Crippen LogP contribution in [-0.2, 0) is 0 Å². The van der Waals surface area contributed by atoms with Crippen molar-refractivity contribution < 1.29 is 19.5 Å². The molecule has 126 valence electrons. The highest BCUT2D eigenvalue weighted by Crippen LogP contribution is 2.30. The second-order valence-electron chi connectivity index (χ2n) is 5.92. The number of anilines is 1. The minimum absolute atomic E-state index is 0.201. The summed E-state index contributed by atoms with van der Waals surface area (Å²) in [5, 5.41) is 9.11. The third kappa shape index (κ3) is 2.46. The van der Waals surface area contributed by atoms with Crippen molar-refractivity contribution in [2.45, 2.75) is 0 Å². The molecule has 3 aromatic carbocycles. The first kappa shape index (κ1) is 15.8. The van der Waals surface area contributed by atoms with Gasteiger partial charge in [-0.05, 0) is 47.5 Å². The van der Waals surface area contributed by atoms with E-state index >= 15 is 0 Å². The summed E-state index contributed by atoms with van der Waals surface area (Å²) in [5.41, 5.74) is 3.03. The van der Waals surface area contributed by atoms with Gasteiger partial charge in [-0.3, -0.25) is 9.59 Å². The number of carboxylic acids is 1. The Morgan fingerprint density at radius 1 is 0.731 bits per heavy atom. The normalized spacial score (nSPS) is 13.0. The predicted molar refractivity (Wildman–Crippen MR) is 96.4 cm³/mol. The molecule has 0 radical (unpaired) electrons. The van der Waals surface area contributed by atoms with Gasteiger partial charge in [-0.15, -0.1) is 0 Å². The van der Waals surface area contributed by atoms with Crippen LogP contribution in [0.3, 0.4) is 0 Å². The largest absolute Gasteiger partial charge is 0.478 e. The summed E-state index contributed by atoms with van der Waals surface area (Å²) in [6.45, 7) is 0. The number of aromatic carboxylic acids is 1. The number of rotatable bonds is 3. The summed E-state index contributed by atoms with van der Waals surface area (Å²) in [7, 11) is 0. The third-order valence-electron chi connectivity index (χ3n) is 4.36. The molecule has 0 saturated carbocycles. The summed E-state index contributed by atoms with van der Waals surface area (Å²) in [6.07, 6.45) is 0. The van der Waals surface area contributed by atoms with Crippen LogP contribution >= 0.6 is 0 Å². The second-order valence-corrected chi connectivity index (χ2v) is 5.92. The van der Waals surface area contributed by atoms with Crippen LogP contribution < -0.4 is 4.90 Å². The second kappa shape index (κ2) is 5.97. The number of fused-ring (bicyclic) bond motifs is 1. The molecule has 0 spiro atoms. The summed E-state index contributed by atoms with van der Waals surface area (Å²) >= 11 is 0. The smallest absolute Gasteiger partial charge is 0.335 e. The van der Waals surface area contributed by atoms with Gasteiger partial charge in [0.25, 0.3) is 11.8 Å². The highest BCUT2D eigenvalue weighted by molar-refractivity contribution is 6.34. The number of carbonyl (C=O) groups excluding carboxylic acids is 2. The van der Waals surface area contributed by atoms with Crippen LogP contribution in [-0.4, -0.2) is 22.9 Å². The molecule has 5 heteroatoms. The van der Waals surface area contributed by atoms with Gasteiger partial charge in [0.05, 0.1) is 22.4 Å². The zero-order valence-electron chi connectivity index (χ0n) is 13.5. The molecule has 1 aliphatic rings. The summed E-state index contributed by atoms with van der Waals surface area (Å²) in [5.74, 6) is -1.67. The van der Waals surface area contributed by atoms with Crippen molar-refractivity contribution in [1.82, 2.24) is 0 Å². The van der Waals surface area contributed by atoms with Gasteiger partial charge in [-0.25, -0.2) is 9.69 Å². The number of hydrogen-bond acceptors (Lipinski definition) is 3. The van der Waals surface area contributed by atoms with E-state index in [9.17, 15) is 14.4 Å². The molecule has 0 atom stereocenters. The number of carboxylic acid groups (broad SMARTS) is 1. The Hall–Kier alpha value is -3.73. The molecule has 1 N–H and O–H groups in total. The van der Waals surface area contributed by atoms with Gasteiger partial charge in [-0.1, -0.05) is 36.4 Å². The zero-order valence-corrected chi connectivity index (χ0v) is 13.5. The maximum atomic E-state index is 12.5. The van der Waals surface area contributed by atoms with Crippen molar-refractivity contribution in [3.05, 3.63) is 89.5 Å². The van der Waals surface area contributed by atoms with E-state index in [2.05, 4.69) is 0 Å². The molecular weight excluding hydrogens is 330 g/mol. The zero-order chi connectivity index (χ0) is 18.3. The number of benzene rings is 3. The number of nitrogens with zero attached hydrogens (tertiary/aromatic N) is 1. The lowest BCUT2D eigenvalue weighted by molar-refractivity contribution is 0.0696. The highest BCUT2D eigenvalue weighted by Gasteiger charge is 2.36. The quantitative estimate of drug-likeness (QED) is 0.733. The monoisotopic (exact) mass is 343 g/mol. The van der Waals surface area contributed by atoms with Crippen LogP contribution in [0.2, 0.25) is 0 Å². The Labute approximate surface area is 149 Å². The van der Waals surface area contributed by atoms with Crippen molar-refractivity contribution >= 4 is 23.5 Å². The van der Waals surface area contributed by atoms with Crippen molar-refractivity contribution in [2.24, 2.45) is 0 Å². The van der Waals surface area contributed by atoms with E-state index in [0.717, 1.165) is 16.0 Å². The maximum absolute atomic E-state index is 12.5. The third-order valence-corrected chi connectivity index (χ3v) is 4.36. The topological polar surface area (TPSA) is 74.7 Å². The Kier molecular flexibility index (Phi) is 3.62. The first-order chi connectivity index (χ1) is 12.6. The molecule has 1 heterocycles. The maximum Gasteiger partial charge on any atom is 0.335 e. The van der Waals surface area contributed by atoms with E-state index < -0.39 is 5.97 Å². The Morgan fingerprint density at radius 3 is 1.92 bits per heavy atom. The van der Waals surface area contributed by atoms with Crippen LogP contribution in [0.25, 0.3) is 11.1 Å². The van der Waals surface area contributed by atoms with Gasteiger partial charge in [0.1, 0.15) is 0 Å². The SMILES string of the molecule is O=C(O)c1cccc(-c2ccc(N3C(=O)c4ccccc4C3=O)cc2)c1. The average Bonchev–Trinajstić information content (AvgIpc) is 2.93. The van der Waals surface area contributed by atoms with Crippen LogP contribution in [0.15, 0.2) is 72.8 Å². The molecule has 26 heavy (non-hydrogen) atoms. The highest BCUT2D eigenvalue weighted by atomic mass is 16.4. The van der Waals surface area contributed by atoms with Crippen LogP contribution in [0, 0.1) is 0 Å². The fraction of sp³-hybridized carbons (Fsp3) is 0. The first-order valence-electron chi connectivity index (χ1n) is 7.98. The number of hydrogen-bond donors (Lipinski definition) is 1. The van der Waals surface area contributed by atoms with Gasteiger partial charge in [0, 0.05) is 0 Å². The Bertz CT molecular complexity index is 1020. The molecule has 4 rings (SSSR count). The predicted octanol–water partition coefficient (Wildman–Crippen LogP) is 3.85. The summed E-state index contributed by atoms with van der Waals surface area (Å²) in [6, 6.07) is 20.2. The lowest BCUT2D eigenvalue weighted by Gasteiger charge is -2.14.